The molecule has 18 heavy (non-hydrogen) atoms. The molecule has 0 aliphatic rings. The molecule has 0 radical (unpaired) electrons. The van der Waals surface area contributed by atoms with Gasteiger partial charge in [0.15, 0.2) is 0 Å². The minimum absolute atomic E-state index is 0.155. The Kier molecular flexibility index (Phi) is 6.31. The number of halogens is 2. The Morgan fingerprint density at radius 2 is 2.17 bits per heavy atom. The van der Waals surface area contributed by atoms with Crippen molar-refractivity contribution in [1.82, 2.24) is 5.32 Å². The van der Waals surface area contributed by atoms with Crippen LogP contribution in [-0.2, 0) is 4.79 Å². The molecule has 4 nitrogen and oxygen atoms in total. The average Bonchev–Trinajstić information content (AvgIpc) is 2.63. The van der Waals surface area contributed by atoms with Gasteiger partial charge in [0.25, 0.3) is 5.91 Å². The zero-order valence-electron chi connectivity index (χ0n) is 9.70. The minimum atomic E-state index is -0.872. The number of aliphatic carboxylic acids is 1. The molecule has 1 aromatic heterocycles. The molecule has 0 aromatic carbocycles. The number of carbonyl (C=O) groups is 2. The Labute approximate surface area is 126 Å². The van der Waals surface area contributed by atoms with Crippen LogP contribution in [0.25, 0.3) is 0 Å². The van der Waals surface area contributed by atoms with Gasteiger partial charge in [0.05, 0.1) is 19.1 Å². The number of rotatable bonds is 6. The van der Waals surface area contributed by atoms with Crippen LogP contribution < -0.4 is 5.32 Å². The highest BCUT2D eigenvalue weighted by molar-refractivity contribution is 9.12. The summed E-state index contributed by atoms with van der Waals surface area (Å²) in [6.45, 7) is 2.08. The zero-order chi connectivity index (χ0) is 13.7. The van der Waals surface area contributed by atoms with E-state index >= 15 is 0 Å². The first kappa shape index (κ1) is 15.7. The molecule has 100 valence electrons. The number of hydrogen-bond acceptors (Lipinski definition) is 3. The summed E-state index contributed by atoms with van der Waals surface area (Å²) in [5.74, 6) is -1.66. The maximum Gasteiger partial charge on any atom is 0.308 e. The third-order valence-electron chi connectivity index (χ3n) is 2.40. The fraction of sp³-hybridized carbons (Fsp3) is 0.455. The van der Waals surface area contributed by atoms with Gasteiger partial charge in [-0.15, -0.1) is 11.3 Å². The van der Waals surface area contributed by atoms with Gasteiger partial charge in [-0.05, 0) is 44.3 Å². The summed E-state index contributed by atoms with van der Waals surface area (Å²) in [5, 5.41) is 11.6. The molecule has 1 atom stereocenters. The van der Waals surface area contributed by atoms with E-state index < -0.39 is 11.9 Å². The normalized spacial score (nSPS) is 12.2. The van der Waals surface area contributed by atoms with Gasteiger partial charge in [0, 0.05) is 6.54 Å². The van der Waals surface area contributed by atoms with E-state index in [2.05, 4.69) is 37.2 Å². The molecule has 1 rings (SSSR count). The SMILES string of the molecule is CCCC(CNC(=O)c1cc(Br)sc1Br)C(=O)O. The van der Waals surface area contributed by atoms with Crippen LogP contribution >= 0.6 is 43.2 Å². The van der Waals surface area contributed by atoms with Crippen LogP contribution in [0, 0.1) is 5.92 Å². The topological polar surface area (TPSA) is 66.4 Å². The van der Waals surface area contributed by atoms with Crippen molar-refractivity contribution >= 4 is 55.1 Å². The van der Waals surface area contributed by atoms with Crippen molar-refractivity contribution in [3.8, 4) is 0 Å². The number of thiophene rings is 1. The molecule has 7 heteroatoms. The maximum atomic E-state index is 11.9. The van der Waals surface area contributed by atoms with Crippen LogP contribution in [0.5, 0.6) is 0 Å². The van der Waals surface area contributed by atoms with Gasteiger partial charge >= 0.3 is 5.97 Å². The van der Waals surface area contributed by atoms with Crippen LogP contribution in [0.2, 0.25) is 0 Å². The summed E-state index contributed by atoms with van der Waals surface area (Å²) < 4.78 is 1.58. The Morgan fingerprint density at radius 3 is 2.61 bits per heavy atom. The second kappa shape index (κ2) is 7.25. The van der Waals surface area contributed by atoms with Crippen molar-refractivity contribution in [1.29, 1.82) is 0 Å². The number of hydrogen-bond donors (Lipinski definition) is 2. The number of carbonyl (C=O) groups excluding carboxylic acids is 1. The van der Waals surface area contributed by atoms with Gasteiger partial charge < -0.3 is 10.4 Å². The van der Waals surface area contributed by atoms with E-state index in [0.717, 1.165) is 14.0 Å². The second-order valence-corrected chi connectivity index (χ2v) is 7.52. The van der Waals surface area contributed by atoms with Crippen molar-refractivity contribution in [2.75, 3.05) is 6.54 Å². The van der Waals surface area contributed by atoms with E-state index in [4.69, 9.17) is 5.11 Å². The number of nitrogens with one attached hydrogen (secondary N) is 1. The van der Waals surface area contributed by atoms with Crippen molar-refractivity contribution in [3.05, 3.63) is 19.2 Å². The lowest BCUT2D eigenvalue weighted by Gasteiger charge is -2.11. The molecule has 1 heterocycles. The standard InChI is InChI=1S/C11H13Br2NO3S/c1-2-3-6(11(16)17)5-14-10(15)7-4-8(12)18-9(7)13/h4,6H,2-3,5H2,1H3,(H,14,15)(H,16,17). The molecule has 0 saturated heterocycles. The largest absolute Gasteiger partial charge is 0.481 e. The van der Waals surface area contributed by atoms with Crippen molar-refractivity contribution in [3.63, 3.8) is 0 Å². The van der Waals surface area contributed by atoms with E-state index in [9.17, 15) is 9.59 Å². The van der Waals surface area contributed by atoms with E-state index in [0.29, 0.717) is 12.0 Å². The van der Waals surface area contributed by atoms with E-state index in [1.807, 2.05) is 6.92 Å². The number of carboxylic acid groups (broad SMARTS) is 1. The van der Waals surface area contributed by atoms with E-state index in [-0.39, 0.29) is 12.5 Å². The molecule has 1 aromatic rings. The summed E-state index contributed by atoms with van der Waals surface area (Å²) in [4.78, 5) is 22.8. The highest BCUT2D eigenvalue weighted by Crippen LogP contribution is 2.31. The smallest absolute Gasteiger partial charge is 0.308 e. The van der Waals surface area contributed by atoms with Crippen LogP contribution in [0.15, 0.2) is 13.6 Å². The summed E-state index contributed by atoms with van der Waals surface area (Å²) >= 11 is 7.99. The first-order chi connectivity index (χ1) is 8.45. The van der Waals surface area contributed by atoms with Gasteiger partial charge in [0.1, 0.15) is 0 Å². The van der Waals surface area contributed by atoms with Gasteiger partial charge in [0.2, 0.25) is 0 Å². The molecule has 0 aliphatic carbocycles. The lowest BCUT2D eigenvalue weighted by molar-refractivity contribution is -0.141. The molecule has 0 fully saturated rings. The van der Waals surface area contributed by atoms with Gasteiger partial charge in [-0.2, -0.15) is 0 Å². The van der Waals surface area contributed by atoms with Gasteiger partial charge in [-0.25, -0.2) is 0 Å². The predicted molar refractivity (Wildman–Crippen MR) is 78.1 cm³/mol. The quantitative estimate of drug-likeness (QED) is 0.770. The van der Waals surface area contributed by atoms with Crippen molar-refractivity contribution < 1.29 is 14.7 Å². The Balaban J connectivity index is 2.60. The molecule has 0 spiro atoms. The van der Waals surface area contributed by atoms with Crippen LogP contribution in [0.3, 0.4) is 0 Å². The molecular formula is C11H13Br2NO3S. The molecule has 2 N–H and O–H groups in total. The second-order valence-electron chi connectivity index (χ2n) is 3.77. The summed E-state index contributed by atoms with van der Waals surface area (Å²) in [5.41, 5.74) is 0.521. The summed E-state index contributed by atoms with van der Waals surface area (Å²) in [7, 11) is 0. The highest BCUT2D eigenvalue weighted by atomic mass is 79.9. The zero-order valence-corrected chi connectivity index (χ0v) is 13.7. The molecule has 0 aliphatic heterocycles. The number of carboxylic acids is 1. The monoisotopic (exact) mass is 397 g/mol. The number of amides is 1. The maximum absolute atomic E-state index is 11.9. The third-order valence-corrected chi connectivity index (χ3v) is 4.74. The Hall–Kier alpha value is -0.400. The Morgan fingerprint density at radius 1 is 1.50 bits per heavy atom. The van der Waals surface area contributed by atoms with Crippen LogP contribution in [-0.4, -0.2) is 23.5 Å². The van der Waals surface area contributed by atoms with Crippen molar-refractivity contribution in [2.45, 2.75) is 19.8 Å². The molecule has 1 amide bonds. The molecule has 1 unspecified atom stereocenters. The van der Waals surface area contributed by atoms with E-state index in [1.54, 1.807) is 6.07 Å². The molecule has 0 saturated carbocycles. The first-order valence-electron chi connectivity index (χ1n) is 5.41. The summed E-state index contributed by atoms with van der Waals surface area (Å²) in [6.07, 6.45) is 1.34. The van der Waals surface area contributed by atoms with E-state index in [1.165, 1.54) is 11.3 Å². The van der Waals surface area contributed by atoms with Crippen molar-refractivity contribution in [2.24, 2.45) is 5.92 Å². The molecular weight excluding hydrogens is 386 g/mol. The predicted octanol–water partition coefficient (Wildman–Crippen LogP) is 3.50. The lowest BCUT2D eigenvalue weighted by Crippen LogP contribution is -2.32. The van der Waals surface area contributed by atoms with Gasteiger partial charge in [-0.3, -0.25) is 9.59 Å². The third kappa shape index (κ3) is 4.37. The molecule has 0 bridgehead atoms. The minimum Gasteiger partial charge on any atom is -0.481 e. The highest BCUT2D eigenvalue weighted by Gasteiger charge is 2.19. The van der Waals surface area contributed by atoms with Gasteiger partial charge in [-0.1, -0.05) is 13.3 Å². The van der Waals surface area contributed by atoms with Crippen LogP contribution in [0.4, 0.5) is 0 Å². The summed E-state index contributed by atoms with van der Waals surface area (Å²) in [6, 6.07) is 1.71. The lowest BCUT2D eigenvalue weighted by atomic mass is 10.0. The van der Waals surface area contributed by atoms with Crippen LogP contribution in [0.1, 0.15) is 30.1 Å². The fourth-order valence-electron chi connectivity index (χ4n) is 1.47. The first-order valence-corrected chi connectivity index (χ1v) is 7.81. The fourth-order valence-corrected chi connectivity index (χ4v) is 4.26. The average molecular weight is 399 g/mol. The Bertz CT molecular complexity index is 447.